The van der Waals surface area contributed by atoms with Crippen LogP contribution < -0.4 is 5.73 Å². The first-order valence-electron chi connectivity index (χ1n) is 4.87. The maximum absolute atomic E-state index is 10.5. The van der Waals surface area contributed by atoms with Crippen molar-refractivity contribution in [2.75, 3.05) is 0 Å². The molecule has 1 saturated carbocycles. The van der Waals surface area contributed by atoms with Gasteiger partial charge in [0, 0.05) is 12.5 Å². The maximum atomic E-state index is 10.5. The van der Waals surface area contributed by atoms with Gasteiger partial charge in [0.25, 0.3) is 5.79 Å². The van der Waals surface area contributed by atoms with Crippen LogP contribution in [0, 0.1) is 5.92 Å². The van der Waals surface area contributed by atoms with Gasteiger partial charge in [-0.05, 0) is 18.8 Å². The molecule has 1 aliphatic rings. The van der Waals surface area contributed by atoms with E-state index in [1.54, 1.807) is 0 Å². The van der Waals surface area contributed by atoms with Gasteiger partial charge in [-0.1, -0.05) is 12.8 Å². The van der Waals surface area contributed by atoms with Crippen LogP contribution in [0.3, 0.4) is 0 Å². The van der Waals surface area contributed by atoms with Gasteiger partial charge < -0.3 is 21.1 Å². The van der Waals surface area contributed by atoms with E-state index in [4.69, 9.17) is 21.1 Å². The fraction of sp³-hybridized carbons (Fsp3) is 0.889. The molecule has 6 heteroatoms. The third-order valence-corrected chi connectivity index (χ3v) is 2.86. The Balaban J connectivity index is 0.00000196. The van der Waals surface area contributed by atoms with Crippen molar-refractivity contribution in [3.8, 4) is 0 Å². The number of carbonyl (C=O) groups is 1. The summed E-state index contributed by atoms with van der Waals surface area (Å²) in [5.74, 6) is -4.33. The van der Waals surface area contributed by atoms with E-state index in [1.807, 2.05) is 0 Å². The molecule has 0 aliphatic heterocycles. The molecule has 0 bridgehead atoms. The van der Waals surface area contributed by atoms with Crippen molar-refractivity contribution in [2.45, 2.75) is 43.9 Å². The molecule has 2 unspecified atom stereocenters. The van der Waals surface area contributed by atoms with E-state index in [2.05, 4.69) is 0 Å². The average molecular weight is 240 g/mol. The number of hydrogen-bond acceptors (Lipinski definition) is 4. The van der Waals surface area contributed by atoms with Crippen molar-refractivity contribution in [1.82, 2.24) is 0 Å². The number of nitrogens with two attached hydrogens (primary N) is 1. The lowest BCUT2D eigenvalue weighted by atomic mass is 9.81. The molecule has 1 aliphatic carbocycles. The summed E-state index contributed by atoms with van der Waals surface area (Å²) in [5.41, 5.74) is 5.77. The minimum atomic E-state index is -2.63. The standard InChI is InChI=1S/C9H17NO4.ClH/c10-7-4-2-1-3-6(7)5-9(13,14)8(11)12;/h6-7,13-14H,1-5,10H2,(H,11,12);1H. The Hall–Kier alpha value is -0.360. The van der Waals surface area contributed by atoms with Gasteiger partial charge in [0.05, 0.1) is 0 Å². The van der Waals surface area contributed by atoms with Crippen molar-refractivity contribution in [3.05, 3.63) is 0 Å². The lowest BCUT2D eigenvalue weighted by molar-refractivity contribution is -0.210. The molecule has 90 valence electrons. The van der Waals surface area contributed by atoms with Crippen LogP contribution in [0.25, 0.3) is 0 Å². The van der Waals surface area contributed by atoms with Gasteiger partial charge in [-0.3, -0.25) is 0 Å². The van der Waals surface area contributed by atoms with Crippen LogP contribution in [0.1, 0.15) is 32.1 Å². The highest BCUT2D eigenvalue weighted by Crippen LogP contribution is 2.29. The number of carboxylic acid groups (broad SMARTS) is 1. The van der Waals surface area contributed by atoms with Gasteiger partial charge in [0.2, 0.25) is 0 Å². The second-order valence-corrected chi connectivity index (χ2v) is 4.03. The fourth-order valence-electron chi connectivity index (χ4n) is 1.94. The minimum Gasteiger partial charge on any atom is -0.477 e. The quantitative estimate of drug-likeness (QED) is 0.523. The van der Waals surface area contributed by atoms with Crippen molar-refractivity contribution in [2.24, 2.45) is 11.7 Å². The lowest BCUT2D eigenvalue weighted by Gasteiger charge is -2.31. The van der Waals surface area contributed by atoms with E-state index in [0.717, 1.165) is 25.7 Å². The highest BCUT2D eigenvalue weighted by molar-refractivity contribution is 5.85. The normalized spacial score (nSPS) is 26.9. The zero-order chi connectivity index (χ0) is 10.8. The van der Waals surface area contributed by atoms with Crippen molar-refractivity contribution in [1.29, 1.82) is 0 Å². The van der Waals surface area contributed by atoms with Gasteiger partial charge >= 0.3 is 5.97 Å². The Bertz CT molecular complexity index is 222. The molecular weight excluding hydrogens is 222 g/mol. The summed E-state index contributed by atoms with van der Waals surface area (Å²) in [6.45, 7) is 0. The number of halogens is 1. The summed E-state index contributed by atoms with van der Waals surface area (Å²) >= 11 is 0. The number of hydrogen-bond donors (Lipinski definition) is 4. The number of carboxylic acids is 1. The predicted octanol–water partition coefficient (Wildman–Crippen LogP) is 0.0813. The molecule has 2 atom stereocenters. The summed E-state index contributed by atoms with van der Waals surface area (Å²) in [6.07, 6.45) is 3.45. The Morgan fingerprint density at radius 1 is 1.33 bits per heavy atom. The molecular formula is C9H18ClNO4. The molecule has 1 rings (SSSR count). The molecule has 0 aromatic heterocycles. The monoisotopic (exact) mass is 239 g/mol. The summed E-state index contributed by atoms with van der Waals surface area (Å²) in [5, 5.41) is 26.8. The van der Waals surface area contributed by atoms with Gasteiger partial charge in [-0.15, -0.1) is 12.4 Å². The van der Waals surface area contributed by atoms with Crippen LogP contribution in [0.4, 0.5) is 0 Å². The van der Waals surface area contributed by atoms with Gasteiger partial charge in [0.1, 0.15) is 0 Å². The first-order valence-corrected chi connectivity index (χ1v) is 4.87. The molecule has 0 radical (unpaired) electrons. The van der Waals surface area contributed by atoms with Crippen LogP contribution >= 0.6 is 12.4 Å². The van der Waals surface area contributed by atoms with E-state index in [1.165, 1.54) is 0 Å². The molecule has 0 aromatic rings. The summed E-state index contributed by atoms with van der Waals surface area (Å²) in [6, 6.07) is -0.109. The highest BCUT2D eigenvalue weighted by Gasteiger charge is 2.38. The molecule has 0 saturated heterocycles. The first kappa shape index (κ1) is 14.6. The SMILES string of the molecule is Cl.NC1CCCCC1CC(O)(O)C(=O)O. The summed E-state index contributed by atoms with van der Waals surface area (Å²) < 4.78 is 0. The van der Waals surface area contributed by atoms with Gasteiger partial charge in [-0.25, -0.2) is 4.79 Å². The van der Waals surface area contributed by atoms with E-state index in [-0.39, 0.29) is 30.8 Å². The average Bonchev–Trinajstić information content (AvgIpc) is 2.08. The largest absolute Gasteiger partial charge is 0.477 e. The summed E-state index contributed by atoms with van der Waals surface area (Å²) in [4.78, 5) is 10.5. The minimum absolute atomic E-state index is 0. The van der Waals surface area contributed by atoms with Gasteiger partial charge in [-0.2, -0.15) is 0 Å². The Kier molecular flexibility index (Phi) is 5.51. The number of rotatable bonds is 3. The van der Waals surface area contributed by atoms with E-state index in [0.29, 0.717) is 0 Å². The predicted molar refractivity (Wildman–Crippen MR) is 56.6 cm³/mol. The first-order chi connectivity index (χ1) is 6.43. The molecule has 5 nitrogen and oxygen atoms in total. The van der Waals surface area contributed by atoms with Crippen LogP contribution in [-0.2, 0) is 4.79 Å². The Morgan fingerprint density at radius 3 is 2.33 bits per heavy atom. The Morgan fingerprint density at radius 2 is 1.87 bits per heavy atom. The second kappa shape index (κ2) is 5.65. The summed E-state index contributed by atoms with van der Waals surface area (Å²) in [7, 11) is 0. The fourth-order valence-corrected chi connectivity index (χ4v) is 1.94. The van der Waals surface area contributed by atoms with Crippen molar-refractivity contribution >= 4 is 18.4 Å². The molecule has 1 fully saturated rings. The van der Waals surface area contributed by atoms with Crippen LogP contribution in [0.15, 0.2) is 0 Å². The topological polar surface area (TPSA) is 104 Å². The molecule has 0 heterocycles. The lowest BCUT2D eigenvalue weighted by Crippen LogP contribution is -2.45. The molecule has 15 heavy (non-hydrogen) atoms. The number of aliphatic hydroxyl groups is 2. The zero-order valence-corrected chi connectivity index (χ0v) is 9.24. The van der Waals surface area contributed by atoms with Gasteiger partial charge in [0.15, 0.2) is 0 Å². The van der Waals surface area contributed by atoms with Crippen molar-refractivity contribution < 1.29 is 20.1 Å². The van der Waals surface area contributed by atoms with E-state index >= 15 is 0 Å². The highest BCUT2D eigenvalue weighted by atomic mass is 35.5. The van der Waals surface area contributed by atoms with E-state index in [9.17, 15) is 4.79 Å². The third-order valence-electron chi connectivity index (χ3n) is 2.86. The molecule has 0 spiro atoms. The van der Waals surface area contributed by atoms with Crippen LogP contribution in [-0.4, -0.2) is 33.1 Å². The van der Waals surface area contributed by atoms with Crippen LogP contribution in [0.5, 0.6) is 0 Å². The molecule has 5 N–H and O–H groups in total. The van der Waals surface area contributed by atoms with Crippen molar-refractivity contribution in [3.63, 3.8) is 0 Å². The third kappa shape index (κ3) is 3.95. The second-order valence-electron chi connectivity index (χ2n) is 4.03. The molecule has 0 aromatic carbocycles. The Labute approximate surface area is 94.7 Å². The smallest absolute Gasteiger partial charge is 0.364 e. The number of aliphatic carboxylic acids is 1. The maximum Gasteiger partial charge on any atom is 0.364 e. The van der Waals surface area contributed by atoms with E-state index < -0.39 is 11.8 Å². The zero-order valence-electron chi connectivity index (χ0n) is 8.43. The molecule has 0 amide bonds. The van der Waals surface area contributed by atoms with Crippen LogP contribution in [0.2, 0.25) is 0 Å².